The number of hydrogen-bond donors (Lipinski definition) is 0. The van der Waals surface area contributed by atoms with E-state index in [1.807, 2.05) is 0 Å². The number of ketones is 1. The fraction of sp³-hybridized carbons (Fsp3) is 0.0833. The molecule has 0 aliphatic carbocycles. The maximum absolute atomic E-state index is 13.8. The SMILES string of the molecule is COc1ccc(C=CC(=O)c2cc(F)ccc2OC(=O)c2ccc([N+](=O)[O-])cc2)cc1OC. The predicted octanol–water partition coefficient (Wildman–Crippen LogP) is 4.87. The lowest BCUT2D eigenvalue weighted by atomic mass is 10.1. The maximum Gasteiger partial charge on any atom is 0.343 e. The number of hydrogen-bond acceptors (Lipinski definition) is 7. The fourth-order valence-corrected chi connectivity index (χ4v) is 2.88. The molecule has 9 heteroatoms. The molecule has 0 unspecified atom stereocenters. The van der Waals surface area contributed by atoms with Crippen LogP contribution in [0.25, 0.3) is 6.08 Å². The molecule has 33 heavy (non-hydrogen) atoms. The molecule has 0 aliphatic rings. The standard InChI is InChI=1S/C24H18FNO7/c1-31-22-11-4-15(13-23(22)32-2)3-10-20(27)19-14-17(25)7-12-21(19)33-24(28)16-5-8-18(9-6-16)26(29)30/h3-14H,1-2H3. The molecular weight excluding hydrogens is 433 g/mol. The number of carbonyl (C=O) groups excluding carboxylic acids is 2. The van der Waals surface area contributed by atoms with Crippen LogP contribution in [0.15, 0.2) is 66.7 Å². The molecule has 8 nitrogen and oxygen atoms in total. The van der Waals surface area contributed by atoms with E-state index in [4.69, 9.17) is 14.2 Å². The summed E-state index contributed by atoms with van der Waals surface area (Å²) in [6.07, 6.45) is 2.70. The predicted molar refractivity (Wildman–Crippen MR) is 117 cm³/mol. The molecule has 0 N–H and O–H groups in total. The number of nitrogens with zero attached hydrogens (tertiary/aromatic N) is 1. The third-order valence-electron chi connectivity index (χ3n) is 4.56. The first-order valence-electron chi connectivity index (χ1n) is 9.53. The van der Waals surface area contributed by atoms with Crippen molar-refractivity contribution in [3.8, 4) is 17.2 Å². The summed E-state index contributed by atoms with van der Waals surface area (Å²) >= 11 is 0. The zero-order valence-corrected chi connectivity index (χ0v) is 17.6. The molecule has 168 valence electrons. The van der Waals surface area contributed by atoms with Crippen LogP contribution in [0.3, 0.4) is 0 Å². The Morgan fingerprint density at radius 2 is 1.58 bits per heavy atom. The first-order chi connectivity index (χ1) is 15.8. The van der Waals surface area contributed by atoms with Gasteiger partial charge in [0.15, 0.2) is 17.3 Å². The van der Waals surface area contributed by atoms with Crippen molar-refractivity contribution < 1.29 is 33.1 Å². The molecule has 0 bridgehead atoms. The molecule has 0 saturated heterocycles. The second-order valence-corrected chi connectivity index (χ2v) is 6.65. The maximum atomic E-state index is 13.8. The van der Waals surface area contributed by atoms with Gasteiger partial charge in [0.05, 0.1) is 30.3 Å². The summed E-state index contributed by atoms with van der Waals surface area (Å²) in [5.74, 6) is -1.30. The first kappa shape index (κ1) is 23.1. The number of halogens is 1. The van der Waals surface area contributed by atoms with E-state index < -0.39 is 22.5 Å². The van der Waals surface area contributed by atoms with Crippen molar-refractivity contribution in [3.05, 3.63) is 99.4 Å². The van der Waals surface area contributed by atoms with E-state index in [-0.39, 0.29) is 22.6 Å². The van der Waals surface area contributed by atoms with Gasteiger partial charge in [-0.1, -0.05) is 12.1 Å². The highest BCUT2D eigenvalue weighted by molar-refractivity contribution is 6.09. The number of carbonyl (C=O) groups is 2. The van der Waals surface area contributed by atoms with Gasteiger partial charge in [0, 0.05) is 12.1 Å². The van der Waals surface area contributed by atoms with Gasteiger partial charge in [-0.15, -0.1) is 0 Å². The topological polar surface area (TPSA) is 105 Å². The first-order valence-corrected chi connectivity index (χ1v) is 9.53. The highest BCUT2D eigenvalue weighted by atomic mass is 19.1. The van der Waals surface area contributed by atoms with Crippen LogP contribution < -0.4 is 14.2 Å². The summed E-state index contributed by atoms with van der Waals surface area (Å²) in [5, 5.41) is 10.8. The summed E-state index contributed by atoms with van der Waals surface area (Å²) in [4.78, 5) is 35.3. The average Bonchev–Trinajstić information content (AvgIpc) is 2.83. The Kier molecular flexibility index (Phi) is 7.14. The number of nitro benzene ring substituents is 1. The van der Waals surface area contributed by atoms with Gasteiger partial charge in [0.25, 0.3) is 5.69 Å². The van der Waals surface area contributed by atoms with E-state index in [9.17, 15) is 24.1 Å². The molecule has 0 saturated carbocycles. The van der Waals surface area contributed by atoms with Crippen LogP contribution in [-0.2, 0) is 0 Å². The Morgan fingerprint density at radius 3 is 2.21 bits per heavy atom. The lowest BCUT2D eigenvalue weighted by Gasteiger charge is -2.09. The van der Waals surface area contributed by atoms with Crippen molar-refractivity contribution in [1.29, 1.82) is 0 Å². The molecule has 0 fully saturated rings. The summed E-state index contributed by atoms with van der Waals surface area (Å²) < 4.78 is 29.5. The Labute approximate surface area is 188 Å². The monoisotopic (exact) mass is 451 g/mol. The lowest BCUT2D eigenvalue weighted by Crippen LogP contribution is -2.11. The highest BCUT2D eigenvalue weighted by Crippen LogP contribution is 2.28. The Morgan fingerprint density at radius 1 is 0.909 bits per heavy atom. The fourth-order valence-electron chi connectivity index (χ4n) is 2.88. The molecule has 3 rings (SSSR count). The smallest absolute Gasteiger partial charge is 0.343 e. The average molecular weight is 451 g/mol. The van der Waals surface area contributed by atoms with Gasteiger partial charge < -0.3 is 14.2 Å². The molecule has 3 aromatic rings. The van der Waals surface area contributed by atoms with E-state index in [2.05, 4.69) is 0 Å². The molecule has 3 aromatic carbocycles. The van der Waals surface area contributed by atoms with Gasteiger partial charge >= 0.3 is 5.97 Å². The molecule has 0 aromatic heterocycles. The number of esters is 1. The summed E-state index contributed by atoms with van der Waals surface area (Å²) in [6, 6.07) is 12.9. The van der Waals surface area contributed by atoms with Gasteiger partial charge in [-0.25, -0.2) is 9.18 Å². The Bertz CT molecular complexity index is 1240. The summed E-state index contributed by atoms with van der Waals surface area (Å²) in [5.41, 5.74) is 0.303. The van der Waals surface area contributed by atoms with E-state index in [1.165, 1.54) is 38.5 Å². The van der Waals surface area contributed by atoms with Crippen LogP contribution in [0.5, 0.6) is 17.2 Å². The highest BCUT2D eigenvalue weighted by Gasteiger charge is 2.17. The van der Waals surface area contributed by atoms with Crippen molar-refractivity contribution in [2.24, 2.45) is 0 Å². The molecular formula is C24H18FNO7. The zero-order chi connectivity index (χ0) is 24.0. The van der Waals surface area contributed by atoms with E-state index in [0.717, 1.165) is 30.3 Å². The molecule has 0 heterocycles. The van der Waals surface area contributed by atoms with Crippen LogP contribution in [0.4, 0.5) is 10.1 Å². The number of benzene rings is 3. The zero-order valence-electron chi connectivity index (χ0n) is 17.6. The second kappa shape index (κ2) is 10.2. The van der Waals surface area contributed by atoms with Crippen molar-refractivity contribution in [3.63, 3.8) is 0 Å². The summed E-state index contributed by atoms with van der Waals surface area (Å²) in [7, 11) is 2.98. The number of methoxy groups -OCH3 is 2. The number of nitro groups is 1. The van der Waals surface area contributed by atoms with Gasteiger partial charge in [0.2, 0.25) is 0 Å². The molecule has 0 aliphatic heterocycles. The van der Waals surface area contributed by atoms with Crippen molar-refractivity contribution >= 4 is 23.5 Å². The van der Waals surface area contributed by atoms with E-state index in [0.29, 0.717) is 17.1 Å². The van der Waals surface area contributed by atoms with Gasteiger partial charge in [-0.2, -0.15) is 0 Å². The Balaban J connectivity index is 1.83. The minimum Gasteiger partial charge on any atom is -0.493 e. The van der Waals surface area contributed by atoms with E-state index >= 15 is 0 Å². The van der Waals surface area contributed by atoms with E-state index in [1.54, 1.807) is 18.2 Å². The number of allylic oxidation sites excluding steroid dienone is 1. The van der Waals surface area contributed by atoms with Gasteiger partial charge in [-0.05, 0) is 54.1 Å². The molecule has 0 spiro atoms. The summed E-state index contributed by atoms with van der Waals surface area (Å²) in [6.45, 7) is 0. The largest absolute Gasteiger partial charge is 0.493 e. The van der Waals surface area contributed by atoms with Crippen LogP contribution >= 0.6 is 0 Å². The number of non-ortho nitro benzene ring substituents is 1. The lowest BCUT2D eigenvalue weighted by molar-refractivity contribution is -0.384. The third kappa shape index (κ3) is 5.59. The minimum absolute atomic E-state index is 0.0317. The molecule has 0 radical (unpaired) electrons. The van der Waals surface area contributed by atoms with Crippen LogP contribution in [0.1, 0.15) is 26.3 Å². The minimum atomic E-state index is -0.852. The third-order valence-corrected chi connectivity index (χ3v) is 4.56. The van der Waals surface area contributed by atoms with Crippen molar-refractivity contribution in [1.82, 2.24) is 0 Å². The van der Waals surface area contributed by atoms with Crippen LogP contribution in [0, 0.1) is 15.9 Å². The van der Waals surface area contributed by atoms with Crippen molar-refractivity contribution in [2.45, 2.75) is 0 Å². The molecule has 0 atom stereocenters. The van der Waals surface area contributed by atoms with Crippen molar-refractivity contribution in [2.75, 3.05) is 14.2 Å². The molecule has 0 amide bonds. The normalized spacial score (nSPS) is 10.6. The quantitative estimate of drug-likeness (QED) is 0.120. The van der Waals surface area contributed by atoms with Crippen LogP contribution in [0.2, 0.25) is 0 Å². The van der Waals surface area contributed by atoms with Gasteiger partial charge in [-0.3, -0.25) is 14.9 Å². The Hall–Kier alpha value is -4.53. The second-order valence-electron chi connectivity index (χ2n) is 6.65. The van der Waals surface area contributed by atoms with Gasteiger partial charge in [0.1, 0.15) is 11.6 Å². The number of rotatable bonds is 8. The number of ether oxygens (including phenoxy) is 3. The van der Waals surface area contributed by atoms with Crippen LogP contribution in [-0.4, -0.2) is 30.9 Å².